The molecule has 5 nitrogen and oxygen atoms in total. The lowest BCUT2D eigenvalue weighted by Crippen LogP contribution is -2.39. The van der Waals surface area contributed by atoms with Gasteiger partial charge in [-0.3, -0.25) is 9.69 Å². The minimum absolute atomic E-state index is 0.138. The lowest BCUT2D eigenvalue weighted by Gasteiger charge is -2.29. The monoisotopic (exact) mass is 292 g/mol. The van der Waals surface area contributed by atoms with Crippen LogP contribution in [0.2, 0.25) is 5.02 Å². The van der Waals surface area contributed by atoms with E-state index in [2.05, 4.69) is 14.9 Å². The summed E-state index contributed by atoms with van der Waals surface area (Å²) >= 11 is 5.90. The van der Waals surface area contributed by atoms with Crippen LogP contribution in [0.1, 0.15) is 18.7 Å². The van der Waals surface area contributed by atoms with E-state index < -0.39 is 0 Å². The van der Waals surface area contributed by atoms with Crippen molar-refractivity contribution >= 4 is 22.5 Å². The van der Waals surface area contributed by atoms with Crippen LogP contribution in [-0.4, -0.2) is 34.0 Å². The number of H-pyrrole nitrogens is 1. The Kier molecular flexibility index (Phi) is 3.74. The highest BCUT2D eigenvalue weighted by Gasteiger charge is 2.17. The molecule has 0 spiro atoms. The molecule has 2 heterocycles. The van der Waals surface area contributed by atoms with Crippen LogP contribution in [0.5, 0.6) is 0 Å². The number of halogens is 1. The molecule has 1 aliphatic rings. The Morgan fingerprint density at radius 1 is 1.40 bits per heavy atom. The Labute approximate surface area is 121 Å². The SMILES string of the molecule is NC1CCN(Cc2nc3ccc(Cl)cc3c(=O)[nH]2)CC1. The topological polar surface area (TPSA) is 75.0 Å². The Bertz CT molecular complexity index is 676. The van der Waals surface area contributed by atoms with E-state index in [1.165, 1.54) is 0 Å². The predicted octanol–water partition coefficient (Wildman–Crippen LogP) is 1.50. The molecule has 1 aromatic heterocycles. The molecule has 0 saturated carbocycles. The van der Waals surface area contributed by atoms with E-state index in [4.69, 9.17) is 17.3 Å². The van der Waals surface area contributed by atoms with Crippen molar-refractivity contribution in [2.75, 3.05) is 13.1 Å². The van der Waals surface area contributed by atoms with Crippen LogP contribution < -0.4 is 11.3 Å². The second-order valence-corrected chi connectivity index (χ2v) is 5.72. The van der Waals surface area contributed by atoms with E-state index in [1.807, 2.05) is 0 Å². The number of nitrogens with zero attached hydrogens (tertiary/aromatic N) is 2. The van der Waals surface area contributed by atoms with Crippen LogP contribution in [0.15, 0.2) is 23.0 Å². The molecule has 106 valence electrons. The van der Waals surface area contributed by atoms with Crippen LogP contribution in [0.25, 0.3) is 10.9 Å². The molecule has 0 radical (unpaired) electrons. The van der Waals surface area contributed by atoms with Gasteiger partial charge < -0.3 is 10.7 Å². The maximum Gasteiger partial charge on any atom is 0.258 e. The van der Waals surface area contributed by atoms with Crippen LogP contribution in [0.3, 0.4) is 0 Å². The Morgan fingerprint density at radius 3 is 2.90 bits per heavy atom. The summed E-state index contributed by atoms with van der Waals surface area (Å²) in [6.45, 7) is 2.55. The normalized spacial score (nSPS) is 17.7. The number of piperidine rings is 1. The molecule has 3 rings (SSSR count). The first-order valence-electron chi connectivity index (χ1n) is 6.78. The van der Waals surface area contributed by atoms with Gasteiger partial charge in [-0.2, -0.15) is 0 Å². The van der Waals surface area contributed by atoms with Gasteiger partial charge in [-0.1, -0.05) is 11.6 Å². The molecule has 2 aromatic rings. The Morgan fingerprint density at radius 2 is 2.15 bits per heavy atom. The number of nitrogens with one attached hydrogen (secondary N) is 1. The number of aromatic amines is 1. The minimum atomic E-state index is -0.138. The van der Waals surface area contributed by atoms with E-state index in [0.717, 1.165) is 25.9 Å². The third-order valence-corrected chi connectivity index (χ3v) is 3.96. The molecule has 1 saturated heterocycles. The molecule has 0 amide bonds. The summed E-state index contributed by atoms with van der Waals surface area (Å²) in [7, 11) is 0. The zero-order valence-corrected chi connectivity index (χ0v) is 11.9. The quantitative estimate of drug-likeness (QED) is 0.879. The molecule has 6 heteroatoms. The molecule has 20 heavy (non-hydrogen) atoms. The van der Waals surface area contributed by atoms with Gasteiger partial charge in [0.25, 0.3) is 5.56 Å². The van der Waals surface area contributed by atoms with Gasteiger partial charge in [0.2, 0.25) is 0 Å². The van der Waals surface area contributed by atoms with Crippen molar-refractivity contribution in [2.45, 2.75) is 25.4 Å². The van der Waals surface area contributed by atoms with Crippen molar-refractivity contribution in [1.82, 2.24) is 14.9 Å². The summed E-state index contributed by atoms with van der Waals surface area (Å²) in [5.41, 5.74) is 6.43. The van der Waals surface area contributed by atoms with Crippen molar-refractivity contribution in [3.63, 3.8) is 0 Å². The van der Waals surface area contributed by atoms with Gasteiger partial charge in [-0.15, -0.1) is 0 Å². The maximum absolute atomic E-state index is 12.1. The molecular weight excluding hydrogens is 276 g/mol. The zero-order valence-electron chi connectivity index (χ0n) is 11.1. The highest BCUT2D eigenvalue weighted by Crippen LogP contribution is 2.15. The molecule has 1 aromatic carbocycles. The average Bonchev–Trinajstić information content (AvgIpc) is 2.42. The van der Waals surface area contributed by atoms with E-state index in [0.29, 0.717) is 34.3 Å². The molecular formula is C14H17ClN4O. The van der Waals surface area contributed by atoms with Gasteiger partial charge in [0.15, 0.2) is 0 Å². The van der Waals surface area contributed by atoms with Crippen molar-refractivity contribution in [2.24, 2.45) is 5.73 Å². The van der Waals surface area contributed by atoms with E-state index in [9.17, 15) is 4.79 Å². The first-order chi connectivity index (χ1) is 9.61. The number of likely N-dealkylation sites (tertiary alicyclic amines) is 1. The van der Waals surface area contributed by atoms with Gasteiger partial charge in [0.1, 0.15) is 5.82 Å². The first-order valence-corrected chi connectivity index (χ1v) is 7.16. The van der Waals surface area contributed by atoms with Crippen molar-refractivity contribution < 1.29 is 0 Å². The molecule has 1 aliphatic heterocycles. The zero-order chi connectivity index (χ0) is 14.1. The standard InChI is InChI=1S/C14H17ClN4O/c15-9-1-2-12-11(7-9)14(20)18-13(17-12)8-19-5-3-10(16)4-6-19/h1-2,7,10H,3-6,8,16H2,(H,17,18,20). The molecule has 0 unspecified atom stereocenters. The fourth-order valence-electron chi connectivity index (χ4n) is 2.56. The summed E-state index contributed by atoms with van der Waals surface area (Å²) in [6.07, 6.45) is 1.99. The molecule has 0 aliphatic carbocycles. The number of benzene rings is 1. The third-order valence-electron chi connectivity index (χ3n) is 3.72. The van der Waals surface area contributed by atoms with Crippen molar-refractivity contribution in [3.05, 3.63) is 39.4 Å². The number of nitrogens with two attached hydrogens (primary N) is 1. The number of hydrogen-bond acceptors (Lipinski definition) is 4. The van der Waals surface area contributed by atoms with Gasteiger partial charge >= 0.3 is 0 Å². The molecule has 3 N–H and O–H groups in total. The summed E-state index contributed by atoms with van der Waals surface area (Å²) in [4.78, 5) is 21.7. The fourth-order valence-corrected chi connectivity index (χ4v) is 2.73. The lowest BCUT2D eigenvalue weighted by molar-refractivity contribution is 0.201. The van der Waals surface area contributed by atoms with Crippen molar-refractivity contribution in [3.8, 4) is 0 Å². The average molecular weight is 293 g/mol. The summed E-state index contributed by atoms with van der Waals surface area (Å²) in [5.74, 6) is 0.695. The van der Waals surface area contributed by atoms with E-state index >= 15 is 0 Å². The van der Waals surface area contributed by atoms with Gasteiger partial charge in [-0.25, -0.2) is 4.98 Å². The summed E-state index contributed by atoms with van der Waals surface area (Å²) in [6, 6.07) is 5.48. The predicted molar refractivity (Wildman–Crippen MR) is 79.9 cm³/mol. The van der Waals surface area contributed by atoms with Crippen molar-refractivity contribution in [1.29, 1.82) is 0 Å². The lowest BCUT2D eigenvalue weighted by atomic mass is 10.1. The Hall–Kier alpha value is -1.43. The minimum Gasteiger partial charge on any atom is -0.328 e. The molecule has 0 atom stereocenters. The molecule has 0 bridgehead atoms. The van der Waals surface area contributed by atoms with Crippen LogP contribution in [-0.2, 0) is 6.54 Å². The second-order valence-electron chi connectivity index (χ2n) is 5.29. The number of aromatic nitrogens is 2. The van der Waals surface area contributed by atoms with Gasteiger partial charge in [0.05, 0.1) is 17.4 Å². The summed E-state index contributed by atoms with van der Waals surface area (Å²) in [5, 5.41) is 1.07. The van der Waals surface area contributed by atoms with E-state index in [-0.39, 0.29) is 5.56 Å². The van der Waals surface area contributed by atoms with Crippen LogP contribution in [0.4, 0.5) is 0 Å². The number of hydrogen-bond donors (Lipinski definition) is 2. The molecule has 1 fully saturated rings. The number of fused-ring (bicyclic) bond motifs is 1. The largest absolute Gasteiger partial charge is 0.328 e. The highest BCUT2D eigenvalue weighted by atomic mass is 35.5. The van der Waals surface area contributed by atoms with Crippen LogP contribution in [0, 0.1) is 0 Å². The van der Waals surface area contributed by atoms with Gasteiger partial charge in [0, 0.05) is 24.2 Å². The third kappa shape index (κ3) is 2.85. The Balaban J connectivity index is 1.85. The number of rotatable bonds is 2. The van der Waals surface area contributed by atoms with Gasteiger partial charge in [-0.05, 0) is 31.0 Å². The fraction of sp³-hybridized carbons (Fsp3) is 0.429. The highest BCUT2D eigenvalue weighted by molar-refractivity contribution is 6.31. The summed E-state index contributed by atoms with van der Waals surface area (Å²) < 4.78 is 0. The van der Waals surface area contributed by atoms with Crippen LogP contribution >= 0.6 is 11.6 Å². The first kappa shape index (κ1) is 13.5. The smallest absolute Gasteiger partial charge is 0.258 e. The van der Waals surface area contributed by atoms with E-state index in [1.54, 1.807) is 18.2 Å². The second kappa shape index (κ2) is 5.52. The maximum atomic E-state index is 12.1.